The molecule has 0 amide bonds. The summed E-state index contributed by atoms with van der Waals surface area (Å²) in [7, 11) is 0. The Morgan fingerprint density at radius 1 is 1.28 bits per heavy atom. The van der Waals surface area contributed by atoms with Crippen LogP contribution in [0.1, 0.15) is 26.3 Å². The number of hydrogen-bond acceptors (Lipinski definition) is 2. The molecule has 0 saturated heterocycles. The van der Waals surface area contributed by atoms with Crippen LogP contribution in [0, 0.1) is 0 Å². The lowest BCUT2D eigenvalue weighted by molar-refractivity contribution is -0.130. The molecule has 1 aromatic carbocycles. The predicted octanol–water partition coefficient (Wildman–Crippen LogP) is 3.69. The van der Waals surface area contributed by atoms with Crippen molar-refractivity contribution in [3.05, 3.63) is 40.4 Å². The van der Waals surface area contributed by atoms with Crippen molar-refractivity contribution in [3.63, 3.8) is 0 Å². The Labute approximate surface area is 116 Å². The summed E-state index contributed by atoms with van der Waals surface area (Å²) in [5, 5.41) is 9.28. The zero-order valence-electron chi connectivity index (χ0n) is 10.7. The summed E-state index contributed by atoms with van der Waals surface area (Å²) in [5.74, 6) is -0.967. The number of halogens is 1. The maximum absolute atomic E-state index is 11.3. The highest BCUT2D eigenvalue weighted by molar-refractivity contribution is 9.11. The van der Waals surface area contributed by atoms with Gasteiger partial charge in [0, 0.05) is 4.48 Å². The average molecular weight is 313 g/mol. The molecule has 0 spiro atoms. The highest BCUT2D eigenvalue weighted by atomic mass is 79.9. The number of aliphatic carboxylic acids is 1. The Kier molecular flexibility index (Phi) is 5.11. The topological polar surface area (TPSA) is 46.5 Å². The van der Waals surface area contributed by atoms with E-state index in [0.717, 1.165) is 0 Å². The van der Waals surface area contributed by atoms with Crippen LogP contribution in [0.25, 0.3) is 5.57 Å². The van der Waals surface area contributed by atoms with E-state index in [4.69, 9.17) is 4.74 Å². The van der Waals surface area contributed by atoms with Crippen LogP contribution in [0.15, 0.2) is 34.8 Å². The van der Waals surface area contributed by atoms with Crippen LogP contribution in [-0.4, -0.2) is 23.3 Å². The van der Waals surface area contributed by atoms with Gasteiger partial charge in [0.05, 0.1) is 17.8 Å². The van der Waals surface area contributed by atoms with Gasteiger partial charge in [-0.1, -0.05) is 46.3 Å². The van der Waals surface area contributed by atoms with Crippen molar-refractivity contribution in [1.82, 2.24) is 0 Å². The van der Waals surface area contributed by atoms with Gasteiger partial charge in [-0.25, -0.2) is 4.79 Å². The molecule has 3 nitrogen and oxygen atoms in total. The van der Waals surface area contributed by atoms with Gasteiger partial charge < -0.3 is 9.84 Å². The van der Waals surface area contributed by atoms with Crippen molar-refractivity contribution in [2.45, 2.75) is 26.4 Å². The second-order valence-corrected chi connectivity index (χ2v) is 5.81. The van der Waals surface area contributed by atoms with Gasteiger partial charge in [-0.2, -0.15) is 0 Å². The molecule has 0 fully saturated rings. The van der Waals surface area contributed by atoms with Crippen LogP contribution in [0.4, 0.5) is 0 Å². The van der Waals surface area contributed by atoms with Gasteiger partial charge in [0.25, 0.3) is 0 Å². The maximum atomic E-state index is 11.3. The molecule has 18 heavy (non-hydrogen) atoms. The van der Waals surface area contributed by atoms with E-state index in [9.17, 15) is 9.90 Å². The van der Waals surface area contributed by atoms with Gasteiger partial charge in [-0.3, -0.25) is 0 Å². The van der Waals surface area contributed by atoms with Crippen molar-refractivity contribution >= 4 is 27.5 Å². The van der Waals surface area contributed by atoms with Crippen LogP contribution in [0.2, 0.25) is 0 Å². The van der Waals surface area contributed by atoms with Crippen LogP contribution < -0.4 is 0 Å². The molecule has 1 N–H and O–H groups in total. The molecular formula is C14H17BrO3. The lowest BCUT2D eigenvalue weighted by Crippen LogP contribution is -2.20. The molecule has 1 aromatic rings. The first kappa shape index (κ1) is 14.9. The standard InChI is InChI=1S/C14H17BrO3/c1-14(2,3)18-9-11(15)12(13(16)17)10-7-5-4-6-8-10/h4-8H,9H2,1-3H3,(H,16,17)/b12-11-. The van der Waals surface area contributed by atoms with Crippen LogP contribution in [0.3, 0.4) is 0 Å². The Morgan fingerprint density at radius 2 is 1.83 bits per heavy atom. The van der Waals surface area contributed by atoms with Crippen molar-refractivity contribution in [2.24, 2.45) is 0 Å². The largest absolute Gasteiger partial charge is 0.478 e. The third kappa shape index (κ3) is 4.63. The number of carboxylic acid groups (broad SMARTS) is 1. The summed E-state index contributed by atoms with van der Waals surface area (Å²) in [6.45, 7) is 6.02. The number of benzene rings is 1. The molecule has 98 valence electrons. The van der Waals surface area contributed by atoms with E-state index in [1.54, 1.807) is 12.1 Å². The molecule has 0 aliphatic heterocycles. The first-order chi connectivity index (χ1) is 8.31. The van der Waals surface area contributed by atoms with Gasteiger partial charge in [0.15, 0.2) is 0 Å². The van der Waals surface area contributed by atoms with E-state index in [0.29, 0.717) is 10.0 Å². The summed E-state index contributed by atoms with van der Waals surface area (Å²) in [6.07, 6.45) is 0. The van der Waals surface area contributed by atoms with Crippen molar-refractivity contribution in [3.8, 4) is 0 Å². The highest BCUT2D eigenvalue weighted by Crippen LogP contribution is 2.24. The molecule has 0 saturated carbocycles. The van der Waals surface area contributed by atoms with E-state index in [-0.39, 0.29) is 17.8 Å². The van der Waals surface area contributed by atoms with Gasteiger partial charge >= 0.3 is 5.97 Å². The third-order valence-corrected chi connectivity index (χ3v) is 2.80. The minimum absolute atomic E-state index is 0.236. The predicted molar refractivity (Wildman–Crippen MR) is 75.6 cm³/mol. The Balaban J connectivity index is 3.01. The SMILES string of the molecule is CC(C)(C)OC/C(Br)=C(/C(=O)O)c1ccccc1. The molecule has 0 aliphatic rings. The summed E-state index contributed by atoms with van der Waals surface area (Å²) in [5.41, 5.74) is 0.591. The van der Waals surface area contributed by atoms with Crippen molar-refractivity contribution in [1.29, 1.82) is 0 Å². The fraction of sp³-hybridized carbons (Fsp3) is 0.357. The van der Waals surface area contributed by atoms with Gasteiger partial charge in [-0.15, -0.1) is 0 Å². The van der Waals surface area contributed by atoms with Crippen LogP contribution in [0.5, 0.6) is 0 Å². The molecule has 4 heteroatoms. The Hall–Kier alpha value is -1.13. The number of ether oxygens (including phenoxy) is 1. The van der Waals surface area contributed by atoms with Gasteiger partial charge in [0.1, 0.15) is 0 Å². The quantitative estimate of drug-likeness (QED) is 0.862. The molecule has 0 aliphatic carbocycles. The monoisotopic (exact) mass is 312 g/mol. The lowest BCUT2D eigenvalue weighted by atomic mass is 10.1. The fourth-order valence-corrected chi connectivity index (χ4v) is 1.87. The molecular weight excluding hydrogens is 296 g/mol. The minimum atomic E-state index is -0.967. The van der Waals surface area contributed by atoms with Gasteiger partial charge in [0.2, 0.25) is 0 Å². The first-order valence-corrected chi connectivity index (χ1v) is 6.42. The molecule has 0 radical (unpaired) electrons. The maximum Gasteiger partial charge on any atom is 0.337 e. The zero-order valence-corrected chi connectivity index (χ0v) is 12.3. The number of rotatable bonds is 4. The van der Waals surface area contributed by atoms with Crippen LogP contribution in [-0.2, 0) is 9.53 Å². The molecule has 0 atom stereocenters. The Bertz CT molecular complexity index is 444. The smallest absolute Gasteiger partial charge is 0.337 e. The second kappa shape index (κ2) is 6.16. The van der Waals surface area contributed by atoms with E-state index in [1.807, 2.05) is 39.0 Å². The van der Waals surface area contributed by atoms with E-state index >= 15 is 0 Å². The minimum Gasteiger partial charge on any atom is -0.478 e. The summed E-state index contributed by atoms with van der Waals surface area (Å²) < 4.78 is 6.11. The van der Waals surface area contributed by atoms with E-state index in [2.05, 4.69) is 15.9 Å². The molecule has 0 bridgehead atoms. The average Bonchev–Trinajstić information content (AvgIpc) is 2.26. The van der Waals surface area contributed by atoms with E-state index in [1.165, 1.54) is 0 Å². The summed E-state index contributed by atoms with van der Waals surface area (Å²) >= 11 is 3.31. The third-order valence-electron chi connectivity index (χ3n) is 2.18. The second-order valence-electron chi connectivity index (χ2n) is 4.85. The highest BCUT2D eigenvalue weighted by Gasteiger charge is 2.17. The molecule has 0 unspecified atom stereocenters. The normalized spacial score (nSPS) is 13.1. The molecule has 0 heterocycles. The number of hydrogen-bond donors (Lipinski definition) is 1. The summed E-state index contributed by atoms with van der Waals surface area (Å²) in [4.78, 5) is 11.3. The van der Waals surface area contributed by atoms with Crippen molar-refractivity contribution in [2.75, 3.05) is 6.61 Å². The number of carbonyl (C=O) groups is 1. The fourth-order valence-electron chi connectivity index (χ4n) is 1.35. The first-order valence-electron chi connectivity index (χ1n) is 5.62. The number of carboxylic acids is 1. The summed E-state index contributed by atoms with van der Waals surface area (Å²) in [6, 6.07) is 9.00. The van der Waals surface area contributed by atoms with Crippen LogP contribution >= 0.6 is 15.9 Å². The van der Waals surface area contributed by atoms with Crippen molar-refractivity contribution < 1.29 is 14.6 Å². The van der Waals surface area contributed by atoms with Gasteiger partial charge in [-0.05, 0) is 26.3 Å². The lowest BCUT2D eigenvalue weighted by Gasteiger charge is -2.20. The molecule has 0 aromatic heterocycles. The zero-order chi connectivity index (χ0) is 13.8. The van der Waals surface area contributed by atoms with E-state index < -0.39 is 5.97 Å². The Morgan fingerprint density at radius 3 is 2.28 bits per heavy atom. The molecule has 1 rings (SSSR count).